The third kappa shape index (κ3) is 1.70. The number of hydrogen-bond acceptors (Lipinski definition) is 2. The molecular weight excluding hydrogens is 192 g/mol. The highest BCUT2D eigenvalue weighted by Crippen LogP contribution is 2.22. The van der Waals surface area contributed by atoms with Crippen LogP contribution in [0.4, 0.5) is 5.69 Å². The zero-order valence-corrected chi connectivity index (χ0v) is 8.49. The molecule has 0 bridgehead atoms. The quantitative estimate of drug-likeness (QED) is 0.731. The normalized spacial score (nSPS) is 15.7. The minimum absolute atomic E-state index is 0.0575. The number of anilines is 1. The first-order valence-electron chi connectivity index (χ1n) is 4.92. The zero-order valence-electron chi connectivity index (χ0n) is 8.49. The van der Waals surface area contributed by atoms with Crippen molar-refractivity contribution in [2.24, 2.45) is 0 Å². The van der Waals surface area contributed by atoms with Crippen molar-refractivity contribution in [2.45, 2.75) is 19.8 Å². The lowest BCUT2D eigenvalue weighted by Crippen LogP contribution is -2.36. The number of carbonyl (C=O) groups excluding carboxylic acids is 2. The van der Waals surface area contributed by atoms with E-state index in [1.807, 2.05) is 31.2 Å². The number of benzene rings is 1. The zero-order chi connectivity index (χ0) is 10.8. The second-order valence-corrected chi connectivity index (χ2v) is 3.42. The predicted octanol–water partition coefficient (Wildman–Crippen LogP) is 1.02. The van der Waals surface area contributed by atoms with E-state index in [0.717, 1.165) is 17.7 Å². The summed E-state index contributed by atoms with van der Waals surface area (Å²) in [6.07, 6.45) is 0.772. The van der Waals surface area contributed by atoms with Gasteiger partial charge in [-0.25, -0.2) is 5.01 Å². The number of carbonyl (C=O) groups is 2. The first-order chi connectivity index (χ1) is 7.22. The third-order valence-corrected chi connectivity index (χ3v) is 2.41. The maximum absolute atomic E-state index is 11.5. The smallest absolute Gasteiger partial charge is 0.255 e. The summed E-state index contributed by atoms with van der Waals surface area (Å²) in [5, 5.41) is 1.33. The van der Waals surface area contributed by atoms with Gasteiger partial charge in [0.2, 0.25) is 5.91 Å². The minimum atomic E-state index is -0.245. The molecule has 2 rings (SSSR count). The van der Waals surface area contributed by atoms with E-state index in [-0.39, 0.29) is 18.2 Å². The standard InChI is InChI=1S/C11H12N2O2/c1-2-8-5-3-4-6-9(8)13-11(15)7-10(14)12-13/h3-6H,2,7H2,1H3,(H,12,14). The van der Waals surface area contributed by atoms with Crippen molar-refractivity contribution >= 4 is 17.5 Å². The van der Waals surface area contributed by atoms with Crippen LogP contribution in [-0.4, -0.2) is 11.8 Å². The molecule has 78 valence electrons. The summed E-state index contributed by atoms with van der Waals surface area (Å²) < 4.78 is 0. The fourth-order valence-corrected chi connectivity index (χ4v) is 1.67. The first-order valence-corrected chi connectivity index (χ1v) is 4.92. The molecule has 1 saturated heterocycles. The summed E-state index contributed by atoms with van der Waals surface area (Å²) in [4.78, 5) is 22.6. The molecule has 1 aromatic carbocycles. The topological polar surface area (TPSA) is 49.4 Å². The third-order valence-electron chi connectivity index (χ3n) is 2.41. The number of para-hydroxylation sites is 1. The van der Waals surface area contributed by atoms with E-state index in [2.05, 4.69) is 5.43 Å². The molecule has 1 aliphatic rings. The van der Waals surface area contributed by atoms with E-state index < -0.39 is 0 Å². The average molecular weight is 204 g/mol. The number of rotatable bonds is 2. The highest BCUT2D eigenvalue weighted by atomic mass is 16.2. The van der Waals surface area contributed by atoms with Crippen molar-refractivity contribution in [3.8, 4) is 0 Å². The van der Waals surface area contributed by atoms with Crippen molar-refractivity contribution in [1.29, 1.82) is 0 Å². The monoisotopic (exact) mass is 204 g/mol. The molecule has 1 aromatic rings. The van der Waals surface area contributed by atoms with Gasteiger partial charge in [-0.1, -0.05) is 25.1 Å². The Hall–Kier alpha value is -1.84. The summed E-state index contributed by atoms with van der Waals surface area (Å²) in [6.45, 7) is 2.02. The van der Waals surface area contributed by atoms with Crippen LogP contribution in [0.1, 0.15) is 18.9 Å². The van der Waals surface area contributed by atoms with E-state index in [4.69, 9.17) is 0 Å². The Morgan fingerprint density at radius 3 is 2.67 bits per heavy atom. The van der Waals surface area contributed by atoms with Gasteiger partial charge in [0.25, 0.3) is 5.91 Å². The Kier molecular flexibility index (Phi) is 2.41. The van der Waals surface area contributed by atoms with Crippen molar-refractivity contribution in [2.75, 3.05) is 5.01 Å². The van der Waals surface area contributed by atoms with E-state index in [1.54, 1.807) is 0 Å². The number of hydrogen-bond donors (Lipinski definition) is 1. The molecule has 15 heavy (non-hydrogen) atoms. The van der Waals surface area contributed by atoms with Gasteiger partial charge in [-0.3, -0.25) is 15.0 Å². The maximum Gasteiger partial charge on any atom is 0.255 e. The predicted molar refractivity (Wildman–Crippen MR) is 56.1 cm³/mol. The summed E-state index contributed by atoms with van der Waals surface area (Å²) in [7, 11) is 0. The van der Waals surface area contributed by atoms with E-state index in [1.165, 1.54) is 5.01 Å². The van der Waals surface area contributed by atoms with Gasteiger partial charge in [-0.2, -0.15) is 0 Å². The molecule has 2 amide bonds. The van der Waals surface area contributed by atoms with E-state index >= 15 is 0 Å². The van der Waals surface area contributed by atoms with Crippen molar-refractivity contribution < 1.29 is 9.59 Å². The van der Waals surface area contributed by atoms with Gasteiger partial charge in [0.1, 0.15) is 6.42 Å². The van der Waals surface area contributed by atoms with Crippen molar-refractivity contribution in [1.82, 2.24) is 5.43 Å². The van der Waals surface area contributed by atoms with Gasteiger partial charge < -0.3 is 0 Å². The van der Waals surface area contributed by atoms with Gasteiger partial charge >= 0.3 is 0 Å². The second kappa shape index (κ2) is 3.73. The van der Waals surface area contributed by atoms with Crippen molar-refractivity contribution in [3.05, 3.63) is 29.8 Å². The molecule has 0 unspecified atom stereocenters. The molecule has 4 nitrogen and oxygen atoms in total. The fraction of sp³-hybridized carbons (Fsp3) is 0.273. The van der Waals surface area contributed by atoms with Crippen LogP contribution in [-0.2, 0) is 16.0 Å². The second-order valence-electron chi connectivity index (χ2n) is 3.42. The lowest BCUT2D eigenvalue weighted by atomic mass is 10.1. The Morgan fingerprint density at radius 1 is 1.33 bits per heavy atom. The number of nitrogens with one attached hydrogen (secondary N) is 1. The Balaban J connectivity index is 2.37. The number of amides is 2. The van der Waals surface area contributed by atoms with E-state index in [9.17, 15) is 9.59 Å². The van der Waals surface area contributed by atoms with Crippen LogP contribution in [0.2, 0.25) is 0 Å². The number of aryl methyl sites for hydroxylation is 1. The minimum Gasteiger partial charge on any atom is -0.273 e. The maximum atomic E-state index is 11.5. The molecular formula is C11H12N2O2. The lowest BCUT2D eigenvalue weighted by molar-refractivity contribution is -0.122. The molecule has 0 aliphatic carbocycles. The Bertz CT molecular complexity index is 415. The summed E-state index contributed by atoms with van der Waals surface area (Å²) >= 11 is 0. The molecule has 0 aromatic heterocycles. The summed E-state index contributed by atoms with van der Waals surface area (Å²) in [5.41, 5.74) is 4.36. The molecule has 1 N–H and O–H groups in total. The van der Waals surface area contributed by atoms with Gasteiger partial charge in [-0.05, 0) is 18.1 Å². The fourth-order valence-electron chi connectivity index (χ4n) is 1.67. The summed E-state index contributed by atoms with van der Waals surface area (Å²) in [5.74, 6) is -0.438. The largest absolute Gasteiger partial charge is 0.273 e. The van der Waals surface area contributed by atoms with Gasteiger partial charge in [0, 0.05) is 0 Å². The van der Waals surface area contributed by atoms with Crippen LogP contribution in [0, 0.1) is 0 Å². The first kappa shape index (κ1) is 9.71. The molecule has 0 saturated carbocycles. The number of nitrogens with zero attached hydrogens (tertiary/aromatic N) is 1. The van der Waals surface area contributed by atoms with Crippen molar-refractivity contribution in [3.63, 3.8) is 0 Å². The van der Waals surface area contributed by atoms with Crippen LogP contribution in [0.15, 0.2) is 24.3 Å². The molecule has 1 heterocycles. The number of hydrazine groups is 1. The Morgan fingerprint density at radius 2 is 2.07 bits per heavy atom. The van der Waals surface area contributed by atoms with Crippen LogP contribution in [0.3, 0.4) is 0 Å². The van der Waals surface area contributed by atoms with Crippen LogP contribution in [0.25, 0.3) is 0 Å². The van der Waals surface area contributed by atoms with Crippen LogP contribution >= 0.6 is 0 Å². The highest BCUT2D eigenvalue weighted by molar-refractivity contribution is 6.12. The van der Waals surface area contributed by atoms with Gasteiger partial charge in [0.05, 0.1) is 5.69 Å². The SMILES string of the molecule is CCc1ccccc1N1NC(=O)CC1=O. The highest BCUT2D eigenvalue weighted by Gasteiger charge is 2.28. The van der Waals surface area contributed by atoms with Gasteiger partial charge in [0.15, 0.2) is 0 Å². The van der Waals surface area contributed by atoms with Crippen LogP contribution in [0.5, 0.6) is 0 Å². The molecule has 0 spiro atoms. The molecule has 0 radical (unpaired) electrons. The summed E-state index contributed by atoms with van der Waals surface area (Å²) in [6, 6.07) is 7.56. The molecule has 4 heteroatoms. The molecule has 1 fully saturated rings. The van der Waals surface area contributed by atoms with E-state index in [0.29, 0.717) is 0 Å². The average Bonchev–Trinajstić information content (AvgIpc) is 2.57. The molecule has 0 atom stereocenters. The lowest BCUT2D eigenvalue weighted by Gasteiger charge is -2.18. The molecule has 1 aliphatic heterocycles. The van der Waals surface area contributed by atoms with Crippen LogP contribution < -0.4 is 10.4 Å². The van der Waals surface area contributed by atoms with Gasteiger partial charge in [-0.15, -0.1) is 0 Å². The Labute approximate surface area is 87.9 Å².